The summed E-state index contributed by atoms with van der Waals surface area (Å²) in [5, 5.41) is 13.4. The first-order chi connectivity index (χ1) is 16.8. The van der Waals surface area contributed by atoms with Gasteiger partial charge in [0.05, 0.1) is 5.25 Å². The molecule has 176 valence electrons. The molecule has 0 aromatic heterocycles. The Kier molecular flexibility index (Phi) is 7.88. The molecule has 1 aliphatic heterocycles. The van der Waals surface area contributed by atoms with Crippen molar-refractivity contribution in [1.82, 2.24) is 0 Å². The minimum Gasteiger partial charge on any atom is -0.321 e. The molecule has 1 unspecified atom stereocenters. The highest BCUT2D eigenvalue weighted by molar-refractivity contribution is 9.10. The number of halogens is 3. The van der Waals surface area contributed by atoms with Crippen LogP contribution in [0.3, 0.4) is 0 Å². The zero-order chi connectivity index (χ0) is 25.1. The highest BCUT2D eigenvalue weighted by Gasteiger charge is 2.41. The van der Waals surface area contributed by atoms with Crippen LogP contribution in [0.2, 0.25) is 10.0 Å². The van der Waals surface area contributed by atoms with Gasteiger partial charge >= 0.3 is 0 Å². The molecule has 0 radical (unpaired) electrons. The first-order valence-corrected chi connectivity index (χ1v) is 12.9. The van der Waals surface area contributed by atoms with Crippen LogP contribution >= 0.6 is 50.9 Å². The van der Waals surface area contributed by atoms with Crippen molar-refractivity contribution in [1.29, 1.82) is 5.26 Å². The third-order valence-corrected chi connectivity index (χ3v) is 7.71. The Bertz CT molecular complexity index is 1370. The van der Waals surface area contributed by atoms with Gasteiger partial charge in [-0.15, -0.1) is 0 Å². The van der Waals surface area contributed by atoms with E-state index in [1.165, 1.54) is 16.7 Å². The average molecular weight is 587 g/mol. The zero-order valence-electron chi connectivity index (χ0n) is 18.4. The van der Waals surface area contributed by atoms with Crippen LogP contribution in [0.25, 0.3) is 0 Å². The van der Waals surface area contributed by atoms with Crippen LogP contribution in [0.4, 0.5) is 11.4 Å². The summed E-state index contributed by atoms with van der Waals surface area (Å²) >= 11 is 17.0. The normalized spacial score (nSPS) is 16.7. The van der Waals surface area contributed by atoms with Crippen molar-refractivity contribution in [2.24, 2.45) is 0 Å². The van der Waals surface area contributed by atoms with Gasteiger partial charge in [0.15, 0.2) is 0 Å². The molecular weight excluding hydrogens is 569 g/mol. The SMILES string of the molecule is Cc1ccc(N2C(=O)C(Cc3cc(Cl)ccc3Cl)S/C2=C(/C#N)C(=O)Nc2ccc(Br)cc2)cc1. The van der Waals surface area contributed by atoms with Crippen molar-refractivity contribution in [2.45, 2.75) is 18.6 Å². The summed E-state index contributed by atoms with van der Waals surface area (Å²) in [6, 6.07) is 21.4. The van der Waals surface area contributed by atoms with Crippen molar-refractivity contribution < 1.29 is 9.59 Å². The molecule has 9 heteroatoms. The summed E-state index contributed by atoms with van der Waals surface area (Å²) in [6.45, 7) is 1.94. The summed E-state index contributed by atoms with van der Waals surface area (Å²) in [4.78, 5) is 28.2. The molecule has 0 spiro atoms. The summed E-state index contributed by atoms with van der Waals surface area (Å²) in [7, 11) is 0. The van der Waals surface area contributed by atoms with E-state index in [-0.39, 0.29) is 16.5 Å². The van der Waals surface area contributed by atoms with Crippen molar-refractivity contribution >= 4 is 74.1 Å². The molecular formula is C26H18BrCl2N3O2S. The minimum atomic E-state index is -0.594. The molecule has 1 fully saturated rings. The second kappa shape index (κ2) is 10.9. The van der Waals surface area contributed by atoms with E-state index in [1.54, 1.807) is 54.6 Å². The Morgan fingerprint density at radius 1 is 1.11 bits per heavy atom. The molecule has 35 heavy (non-hydrogen) atoms. The van der Waals surface area contributed by atoms with E-state index >= 15 is 0 Å². The number of anilines is 2. The average Bonchev–Trinajstić information content (AvgIpc) is 3.14. The smallest absolute Gasteiger partial charge is 0.269 e. The van der Waals surface area contributed by atoms with E-state index in [2.05, 4.69) is 21.2 Å². The Balaban J connectivity index is 1.73. The second-order valence-electron chi connectivity index (χ2n) is 7.81. The molecule has 0 saturated carbocycles. The number of thioether (sulfide) groups is 1. The fraction of sp³-hybridized carbons (Fsp3) is 0.115. The number of carbonyl (C=O) groups excluding carboxylic acids is 2. The number of nitriles is 1. The number of hydrogen-bond acceptors (Lipinski definition) is 4. The largest absolute Gasteiger partial charge is 0.321 e. The van der Waals surface area contributed by atoms with Gasteiger partial charge in [0, 0.05) is 25.9 Å². The monoisotopic (exact) mass is 585 g/mol. The van der Waals surface area contributed by atoms with Gasteiger partial charge in [-0.2, -0.15) is 5.26 Å². The maximum absolute atomic E-state index is 13.6. The van der Waals surface area contributed by atoms with Gasteiger partial charge in [-0.25, -0.2) is 0 Å². The van der Waals surface area contributed by atoms with Gasteiger partial charge in [0.1, 0.15) is 16.7 Å². The Hall–Kier alpha value is -2.76. The quantitative estimate of drug-likeness (QED) is 0.255. The van der Waals surface area contributed by atoms with E-state index in [0.29, 0.717) is 33.4 Å². The molecule has 2 amide bonds. The van der Waals surface area contributed by atoms with Gasteiger partial charge < -0.3 is 5.32 Å². The molecule has 3 aromatic rings. The number of hydrogen-bond donors (Lipinski definition) is 1. The first kappa shape index (κ1) is 25.3. The zero-order valence-corrected chi connectivity index (χ0v) is 22.3. The number of carbonyl (C=O) groups is 2. The van der Waals surface area contributed by atoms with Crippen molar-refractivity contribution in [3.63, 3.8) is 0 Å². The molecule has 0 aliphatic carbocycles. The lowest BCUT2D eigenvalue weighted by molar-refractivity contribution is -0.117. The molecule has 1 heterocycles. The van der Waals surface area contributed by atoms with Crippen molar-refractivity contribution in [3.8, 4) is 6.07 Å². The molecule has 3 aromatic carbocycles. The Morgan fingerprint density at radius 2 is 1.80 bits per heavy atom. The number of rotatable bonds is 5. The van der Waals surface area contributed by atoms with E-state index in [4.69, 9.17) is 23.2 Å². The predicted molar refractivity (Wildman–Crippen MR) is 146 cm³/mol. The summed E-state index contributed by atoms with van der Waals surface area (Å²) in [6.07, 6.45) is 0.293. The van der Waals surface area contributed by atoms with Gasteiger partial charge in [-0.05, 0) is 73.5 Å². The maximum Gasteiger partial charge on any atom is 0.269 e. The lowest BCUT2D eigenvalue weighted by Gasteiger charge is -2.19. The highest BCUT2D eigenvalue weighted by Crippen LogP contribution is 2.42. The van der Waals surface area contributed by atoms with Crippen LogP contribution in [0.5, 0.6) is 0 Å². The summed E-state index contributed by atoms with van der Waals surface area (Å²) in [5.74, 6) is -0.835. The lowest BCUT2D eigenvalue weighted by atomic mass is 10.1. The van der Waals surface area contributed by atoms with Crippen LogP contribution in [0.1, 0.15) is 11.1 Å². The summed E-state index contributed by atoms with van der Waals surface area (Å²) in [5.41, 5.74) is 2.70. The number of nitrogens with one attached hydrogen (secondary N) is 1. The van der Waals surface area contributed by atoms with E-state index in [1.807, 2.05) is 25.1 Å². The molecule has 1 saturated heterocycles. The van der Waals surface area contributed by atoms with Crippen LogP contribution in [0, 0.1) is 18.3 Å². The highest BCUT2D eigenvalue weighted by atomic mass is 79.9. The molecule has 5 nitrogen and oxygen atoms in total. The predicted octanol–water partition coefficient (Wildman–Crippen LogP) is 7.13. The van der Waals surface area contributed by atoms with Crippen molar-refractivity contribution in [3.05, 3.63) is 103 Å². The van der Waals surface area contributed by atoms with Gasteiger partial charge in [-0.3, -0.25) is 14.5 Å². The molecule has 0 bridgehead atoms. The van der Waals surface area contributed by atoms with Crippen LogP contribution in [0.15, 0.2) is 81.8 Å². The van der Waals surface area contributed by atoms with Crippen LogP contribution in [-0.2, 0) is 16.0 Å². The lowest BCUT2D eigenvalue weighted by Crippen LogP contribution is -2.31. The van der Waals surface area contributed by atoms with E-state index < -0.39 is 11.2 Å². The third-order valence-electron chi connectivity index (χ3n) is 5.31. The molecule has 1 N–H and O–H groups in total. The fourth-order valence-electron chi connectivity index (χ4n) is 3.54. The standard InChI is InChI=1S/C26H18BrCl2N3O2S/c1-15-2-9-20(10-3-15)32-25(34)23(13-16-12-18(28)6-11-22(16)29)35-26(32)21(14-30)24(33)31-19-7-4-17(27)5-8-19/h2-12,23H,13H2,1H3,(H,31,33)/b26-21-. The fourth-order valence-corrected chi connectivity index (χ4v) is 5.49. The van der Waals surface area contributed by atoms with Crippen molar-refractivity contribution in [2.75, 3.05) is 10.2 Å². The van der Waals surface area contributed by atoms with Crippen LogP contribution in [-0.4, -0.2) is 17.1 Å². The number of amides is 2. The summed E-state index contributed by atoms with van der Waals surface area (Å²) < 4.78 is 0.861. The van der Waals surface area contributed by atoms with E-state index in [9.17, 15) is 14.9 Å². The number of aryl methyl sites for hydroxylation is 1. The number of nitrogens with zero attached hydrogens (tertiary/aromatic N) is 2. The Labute approximate surface area is 225 Å². The Morgan fingerprint density at radius 3 is 2.46 bits per heavy atom. The third kappa shape index (κ3) is 5.74. The van der Waals surface area contributed by atoms with Gasteiger partial charge in [-0.1, -0.05) is 68.6 Å². The first-order valence-electron chi connectivity index (χ1n) is 10.5. The van der Waals surface area contributed by atoms with E-state index in [0.717, 1.165) is 10.0 Å². The number of benzene rings is 3. The molecule has 1 aliphatic rings. The molecule has 1 atom stereocenters. The topological polar surface area (TPSA) is 73.2 Å². The van der Waals surface area contributed by atoms with Crippen LogP contribution < -0.4 is 10.2 Å². The second-order valence-corrected chi connectivity index (χ2v) is 10.8. The minimum absolute atomic E-state index is 0.147. The maximum atomic E-state index is 13.6. The van der Waals surface area contributed by atoms with Gasteiger partial charge in [0.25, 0.3) is 5.91 Å². The van der Waals surface area contributed by atoms with Gasteiger partial charge in [0.2, 0.25) is 5.91 Å². The molecule has 4 rings (SSSR count).